The molecule has 0 radical (unpaired) electrons. The van der Waals surface area contributed by atoms with E-state index in [1.54, 1.807) is 18.2 Å². The molecule has 0 atom stereocenters. The van der Waals surface area contributed by atoms with Crippen molar-refractivity contribution in [2.45, 2.75) is 20.4 Å². The van der Waals surface area contributed by atoms with Crippen LogP contribution in [-0.4, -0.2) is 29.3 Å². The average molecular weight is 544 g/mol. The second kappa shape index (κ2) is 9.86. The van der Waals surface area contributed by atoms with Crippen molar-refractivity contribution in [1.82, 2.24) is 4.90 Å². The number of nitrogens with zero attached hydrogens (tertiary/aromatic N) is 1. The van der Waals surface area contributed by atoms with Gasteiger partial charge in [0.2, 0.25) is 0 Å². The van der Waals surface area contributed by atoms with Crippen molar-refractivity contribution in [3.05, 3.63) is 61.0 Å². The molecule has 0 N–H and O–H groups in total. The summed E-state index contributed by atoms with van der Waals surface area (Å²) in [5, 5.41) is 0.213. The summed E-state index contributed by atoms with van der Waals surface area (Å²) in [4.78, 5) is 26.8. The van der Waals surface area contributed by atoms with Gasteiger partial charge in [0.15, 0.2) is 11.5 Å². The Morgan fingerprint density at radius 1 is 1.14 bits per heavy atom. The minimum absolute atomic E-state index is 0.146. The summed E-state index contributed by atoms with van der Waals surface area (Å²) < 4.78 is 12.2. The summed E-state index contributed by atoms with van der Waals surface area (Å²) in [6.07, 6.45) is 1.71. The minimum Gasteiger partial charge on any atom is -0.490 e. The molecular formula is C21H19ClINO4S. The normalized spacial score (nSPS) is 15.3. The highest BCUT2D eigenvalue weighted by molar-refractivity contribution is 14.1. The molecule has 2 amide bonds. The molecule has 1 aliphatic heterocycles. The largest absolute Gasteiger partial charge is 0.490 e. The van der Waals surface area contributed by atoms with Crippen LogP contribution in [0, 0.1) is 3.57 Å². The topological polar surface area (TPSA) is 55.8 Å². The number of imide groups is 1. The highest BCUT2D eigenvalue weighted by Crippen LogP contribution is 2.38. The Kier molecular flexibility index (Phi) is 7.48. The summed E-state index contributed by atoms with van der Waals surface area (Å²) in [6, 6.07) is 10.9. The lowest BCUT2D eigenvalue weighted by Crippen LogP contribution is -2.27. The van der Waals surface area contributed by atoms with Crippen LogP contribution in [-0.2, 0) is 11.3 Å². The van der Waals surface area contributed by atoms with Gasteiger partial charge in [-0.2, -0.15) is 0 Å². The van der Waals surface area contributed by atoms with Gasteiger partial charge in [0.25, 0.3) is 11.1 Å². The molecule has 5 nitrogen and oxygen atoms in total. The molecule has 2 aromatic rings. The maximum absolute atomic E-state index is 12.8. The highest BCUT2D eigenvalue weighted by atomic mass is 127. The molecule has 0 aliphatic carbocycles. The van der Waals surface area contributed by atoms with Crippen LogP contribution in [0.15, 0.2) is 41.3 Å². The molecule has 0 spiro atoms. The second-order valence-corrected chi connectivity index (χ2v) is 8.62. The van der Waals surface area contributed by atoms with Gasteiger partial charge in [0.05, 0.1) is 28.2 Å². The Morgan fingerprint density at radius 3 is 2.55 bits per heavy atom. The number of carbonyl (C=O) groups excluding carboxylic acids is 2. The third-order valence-electron chi connectivity index (χ3n) is 4.08. The van der Waals surface area contributed by atoms with Crippen LogP contribution in [0.4, 0.5) is 4.79 Å². The fourth-order valence-electron chi connectivity index (χ4n) is 2.80. The molecule has 0 saturated carbocycles. The first-order chi connectivity index (χ1) is 13.9. The summed E-state index contributed by atoms with van der Waals surface area (Å²) in [6.45, 7) is 4.97. The van der Waals surface area contributed by atoms with Crippen LogP contribution in [0.5, 0.6) is 11.5 Å². The van der Waals surface area contributed by atoms with E-state index < -0.39 is 0 Å². The quantitative estimate of drug-likeness (QED) is 0.318. The standard InChI is InChI=1S/C21H19ClINO4S/c1-3-27-17-10-13(9-16(23)19(17)28-4-2)11-18-20(25)24(21(26)29-18)12-14-7-5-6-8-15(14)22/h5-11H,3-4,12H2,1-2H3/b18-11-. The predicted molar refractivity (Wildman–Crippen MR) is 124 cm³/mol. The second-order valence-electron chi connectivity index (χ2n) is 6.06. The van der Waals surface area contributed by atoms with Crippen LogP contribution in [0.2, 0.25) is 5.02 Å². The fraction of sp³-hybridized carbons (Fsp3) is 0.238. The van der Waals surface area contributed by atoms with E-state index in [0.29, 0.717) is 34.6 Å². The van der Waals surface area contributed by atoms with Crippen molar-refractivity contribution >= 4 is 63.2 Å². The third kappa shape index (κ3) is 5.07. The summed E-state index contributed by atoms with van der Waals surface area (Å²) in [7, 11) is 0. The first kappa shape index (κ1) is 22.0. The zero-order chi connectivity index (χ0) is 21.0. The molecule has 29 heavy (non-hydrogen) atoms. The van der Waals surface area contributed by atoms with E-state index in [9.17, 15) is 9.59 Å². The van der Waals surface area contributed by atoms with Crippen LogP contribution in [0.25, 0.3) is 6.08 Å². The molecule has 0 bridgehead atoms. The van der Waals surface area contributed by atoms with Gasteiger partial charge < -0.3 is 9.47 Å². The molecule has 1 aliphatic rings. The Bertz CT molecular complexity index is 979. The van der Waals surface area contributed by atoms with Crippen LogP contribution in [0.1, 0.15) is 25.0 Å². The Morgan fingerprint density at radius 2 is 1.86 bits per heavy atom. The summed E-state index contributed by atoms with van der Waals surface area (Å²) in [5.41, 5.74) is 1.50. The number of hydrogen-bond acceptors (Lipinski definition) is 5. The molecule has 2 aromatic carbocycles. The molecule has 1 heterocycles. The zero-order valence-corrected chi connectivity index (χ0v) is 19.6. The summed E-state index contributed by atoms with van der Waals surface area (Å²) >= 11 is 9.27. The molecule has 1 saturated heterocycles. The predicted octanol–water partition coefficient (Wildman–Crippen LogP) is 5.98. The average Bonchev–Trinajstić information content (AvgIpc) is 2.94. The van der Waals surface area contributed by atoms with Crippen molar-refractivity contribution in [3.8, 4) is 11.5 Å². The first-order valence-corrected chi connectivity index (χ1v) is 11.3. The van der Waals surface area contributed by atoms with Crippen molar-refractivity contribution in [3.63, 3.8) is 0 Å². The van der Waals surface area contributed by atoms with Crippen molar-refractivity contribution in [2.75, 3.05) is 13.2 Å². The van der Waals surface area contributed by atoms with Crippen LogP contribution >= 0.6 is 46.0 Å². The van der Waals surface area contributed by atoms with Gasteiger partial charge in [-0.3, -0.25) is 14.5 Å². The first-order valence-electron chi connectivity index (χ1n) is 9.02. The fourth-order valence-corrected chi connectivity index (χ4v) is 4.62. The van der Waals surface area contributed by atoms with Gasteiger partial charge in [0, 0.05) is 5.02 Å². The summed E-state index contributed by atoms with van der Waals surface area (Å²) in [5.74, 6) is 0.962. The zero-order valence-electron chi connectivity index (χ0n) is 15.9. The number of benzene rings is 2. The molecule has 8 heteroatoms. The Labute approximate surface area is 192 Å². The number of halogens is 2. The van der Waals surface area contributed by atoms with E-state index >= 15 is 0 Å². The molecule has 0 aromatic heterocycles. The third-order valence-corrected chi connectivity index (χ3v) is 6.16. The monoisotopic (exact) mass is 543 g/mol. The maximum atomic E-state index is 12.8. The number of carbonyl (C=O) groups is 2. The van der Waals surface area contributed by atoms with Crippen molar-refractivity contribution < 1.29 is 19.1 Å². The number of thioether (sulfide) groups is 1. The van der Waals surface area contributed by atoms with Gasteiger partial charge in [-0.25, -0.2) is 0 Å². The van der Waals surface area contributed by atoms with E-state index in [1.807, 2.05) is 38.1 Å². The molecule has 0 unspecified atom stereocenters. The van der Waals surface area contributed by atoms with Gasteiger partial charge in [-0.1, -0.05) is 29.8 Å². The lowest BCUT2D eigenvalue weighted by Gasteiger charge is -2.14. The maximum Gasteiger partial charge on any atom is 0.293 e. The Balaban J connectivity index is 1.88. The van der Waals surface area contributed by atoms with Crippen molar-refractivity contribution in [2.24, 2.45) is 0 Å². The Hall–Kier alpha value is -1.71. The van der Waals surface area contributed by atoms with E-state index in [2.05, 4.69) is 22.6 Å². The van der Waals surface area contributed by atoms with Crippen LogP contribution in [0.3, 0.4) is 0 Å². The SMILES string of the molecule is CCOc1cc(/C=C2\SC(=O)N(Cc3ccccc3Cl)C2=O)cc(I)c1OCC. The molecule has 3 rings (SSSR count). The smallest absolute Gasteiger partial charge is 0.293 e. The number of amides is 2. The molecular weight excluding hydrogens is 525 g/mol. The van der Waals surface area contributed by atoms with E-state index in [-0.39, 0.29) is 17.7 Å². The van der Waals surface area contributed by atoms with Crippen LogP contribution < -0.4 is 9.47 Å². The molecule has 152 valence electrons. The minimum atomic E-state index is -0.332. The van der Waals surface area contributed by atoms with Gasteiger partial charge in [0.1, 0.15) is 0 Å². The van der Waals surface area contributed by atoms with Crippen molar-refractivity contribution in [1.29, 1.82) is 0 Å². The van der Waals surface area contributed by atoms with E-state index in [1.165, 1.54) is 4.90 Å². The van der Waals surface area contributed by atoms with Gasteiger partial charge in [-0.15, -0.1) is 0 Å². The number of ether oxygens (including phenoxy) is 2. The van der Waals surface area contributed by atoms with E-state index in [4.69, 9.17) is 21.1 Å². The van der Waals surface area contributed by atoms with Gasteiger partial charge >= 0.3 is 0 Å². The van der Waals surface area contributed by atoms with E-state index in [0.717, 1.165) is 26.5 Å². The lowest BCUT2D eigenvalue weighted by molar-refractivity contribution is -0.123. The number of rotatable bonds is 7. The van der Waals surface area contributed by atoms with Gasteiger partial charge in [-0.05, 0) is 83.6 Å². The number of hydrogen-bond donors (Lipinski definition) is 0. The lowest BCUT2D eigenvalue weighted by atomic mass is 10.1. The molecule has 1 fully saturated rings. The highest BCUT2D eigenvalue weighted by Gasteiger charge is 2.35.